The van der Waals surface area contributed by atoms with Crippen LogP contribution in [-0.2, 0) is 6.54 Å². The molecule has 1 aromatic carbocycles. The molecule has 1 aromatic heterocycles. The number of nitrogens with one attached hydrogen (secondary N) is 1. The molecule has 6 heteroatoms. The van der Waals surface area contributed by atoms with E-state index in [0.717, 1.165) is 17.4 Å². The number of aryl methyl sites for hydroxylation is 1. The molecule has 1 amide bonds. The second-order valence-corrected chi connectivity index (χ2v) is 5.08. The molecular formula is C14H16BrN3O2. The van der Waals surface area contributed by atoms with Crippen LogP contribution in [0.1, 0.15) is 16.8 Å². The van der Waals surface area contributed by atoms with E-state index in [1.165, 1.54) is 0 Å². The average molecular weight is 338 g/mol. The number of benzene rings is 1. The second kappa shape index (κ2) is 7.09. The lowest BCUT2D eigenvalue weighted by atomic mass is 10.2. The van der Waals surface area contributed by atoms with Gasteiger partial charge in [-0.15, -0.1) is 0 Å². The summed E-state index contributed by atoms with van der Waals surface area (Å²) in [4.78, 5) is 12.0. The zero-order chi connectivity index (χ0) is 14.4. The highest BCUT2D eigenvalue weighted by Crippen LogP contribution is 2.25. The Kier molecular flexibility index (Phi) is 5.17. The third kappa shape index (κ3) is 3.84. The van der Waals surface area contributed by atoms with E-state index in [0.29, 0.717) is 17.9 Å². The molecule has 0 unspecified atom stereocenters. The SMILES string of the molecule is COc1ccc(C(=O)NCCCn2cccn2)cc1Br. The van der Waals surface area contributed by atoms with Crippen molar-refractivity contribution < 1.29 is 9.53 Å². The standard InChI is InChI=1S/C14H16BrN3O2/c1-20-13-5-4-11(10-12(13)15)14(19)16-6-2-8-18-9-3-7-17-18/h3-5,7,9-10H,2,6,8H2,1H3,(H,16,19). The lowest BCUT2D eigenvalue weighted by Gasteiger charge is -2.08. The highest BCUT2D eigenvalue weighted by Gasteiger charge is 2.08. The molecule has 0 radical (unpaired) electrons. The van der Waals surface area contributed by atoms with Crippen LogP contribution >= 0.6 is 15.9 Å². The number of aromatic nitrogens is 2. The van der Waals surface area contributed by atoms with Crippen LogP contribution in [0.3, 0.4) is 0 Å². The van der Waals surface area contributed by atoms with Crippen molar-refractivity contribution in [1.82, 2.24) is 15.1 Å². The van der Waals surface area contributed by atoms with E-state index in [1.807, 2.05) is 16.9 Å². The van der Waals surface area contributed by atoms with Crippen molar-refractivity contribution in [3.63, 3.8) is 0 Å². The first-order chi connectivity index (χ1) is 9.70. The topological polar surface area (TPSA) is 56.1 Å². The van der Waals surface area contributed by atoms with Gasteiger partial charge in [0.25, 0.3) is 5.91 Å². The smallest absolute Gasteiger partial charge is 0.251 e. The Labute approximate surface area is 126 Å². The van der Waals surface area contributed by atoms with Crippen LogP contribution in [-0.4, -0.2) is 29.3 Å². The summed E-state index contributed by atoms with van der Waals surface area (Å²) < 4.78 is 7.74. The Morgan fingerprint density at radius 2 is 2.35 bits per heavy atom. The fourth-order valence-corrected chi connectivity index (χ4v) is 2.33. The summed E-state index contributed by atoms with van der Waals surface area (Å²) >= 11 is 3.37. The minimum Gasteiger partial charge on any atom is -0.496 e. The van der Waals surface area contributed by atoms with Gasteiger partial charge in [0.15, 0.2) is 0 Å². The number of carbonyl (C=O) groups is 1. The van der Waals surface area contributed by atoms with Gasteiger partial charge in [0.1, 0.15) is 5.75 Å². The zero-order valence-electron chi connectivity index (χ0n) is 11.2. The molecule has 2 rings (SSSR count). The first kappa shape index (κ1) is 14.6. The van der Waals surface area contributed by atoms with Crippen molar-refractivity contribution in [2.24, 2.45) is 0 Å². The maximum Gasteiger partial charge on any atom is 0.251 e. The van der Waals surface area contributed by atoms with Gasteiger partial charge >= 0.3 is 0 Å². The van der Waals surface area contributed by atoms with Crippen LogP contribution in [0.5, 0.6) is 5.75 Å². The Morgan fingerprint density at radius 1 is 1.50 bits per heavy atom. The molecule has 20 heavy (non-hydrogen) atoms. The number of amides is 1. The molecule has 0 saturated heterocycles. The van der Waals surface area contributed by atoms with E-state index < -0.39 is 0 Å². The Morgan fingerprint density at radius 3 is 3.00 bits per heavy atom. The van der Waals surface area contributed by atoms with Crippen LogP contribution < -0.4 is 10.1 Å². The highest BCUT2D eigenvalue weighted by atomic mass is 79.9. The molecule has 0 fully saturated rings. The fraction of sp³-hybridized carbons (Fsp3) is 0.286. The van der Waals surface area contributed by atoms with Crippen molar-refractivity contribution in [1.29, 1.82) is 0 Å². The minimum atomic E-state index is -0.0891. The van der Waals surface area contributed by atoms with E-state index in [1.54, 1.807) is 31.5 Å². The van der Waals surface area contributed by atoms with Crippen LogP contribution in [0.4, 0.5) is 0 Å². The van der Waals surface area contributed by atoms with Gasteiger partial charge in [-0.25, -0.2) is 0 Å². The van der Waals surface area contributed by atoms with E-state index >= 15 is 0 Å². The Hall–Kier alpha value is -1.82. The van der Waals surface area contributed by atoms with E-state index in [9.17, 15) is 4.79 Å². The van der Waals surface area contributed by atoms with Gasteiger partial charge < -0.3 is 10.1 Å². The lowest BCUT2D eigenvalue weighted by Crippen LogP contribution is -2.25. The van der Waals surface area contributed by atoms with Gasteiger partial charge in [-0.2, -0.15) is 5.10 Å². The van der Waals surface area contributed by atoms with Gasteiger partial charge in [-0.05, 0) is 46.6 Å². The van der Waals surface area contributed by atoms with Crippen molar-refractivity contribution in [3.05, 3.63) is 46.7 Å². The number of methoxy groups -OCH3 is 1. The average Bonchev–Trinajstić information content (AvgIpc) is 2.96. The second-order valence-electron chi connectivity index (χ2n) is 4.23. The fourth-order valence-electron chi connectivity index (χ4n) is 1.79. The van der Waals surface area contributed by atoms with Gasteiger partial charge in [-0.1, -0.05) is 0 Å². The summed E-state index contributed by atoms with van der Waals surface area (Å²) in [6, 6.07) is 7.14. The molecule has 1 N–H and O–H groups in total. The van der Waals surface area contributed by atoms with Gasteiger partial charge in [0.2, 0.25) is 0 Å². The summed E-state index contributed by atoms with van der Waals surface area (Å²) in [6.07, 6.45) is 4.49. The molecule has 0 aliphatic rings. The molecule has 0 atom stereocenters. The van der Waals surface area contributed by atoms with Crippen molar-refractivity contribution >= 4 is 21.8 Å². The van der Waals surface area contributed by atoms with Crippen molar-refractivity contribution in [2.75, 3.05) is 13.7 Å². The first-order valence-corrected chi connectivity index (χ1v) is 7.09. The van der Waals surface area contributed by atoms with Crippen LogP contribution in [0.2, 0.25) is 0 Å². The molecular weight excluding hydrogens is 322 g/mol. The van der Waals surface area contributed by atoms with E-state index in [4.69, 9.17) is 4.74 Å². The zero-order valence-corrected chi connectivity index (χ0v) is 12.8. The summed E-state index contributed by atoms with van der Waals surface area (Å²) in [5.74, 6) is 0.619. The third-order valence-corrected chi connectivity index (χ3v) is 3.44. The summed E-state index contributed by atoms with van der Waals surface area (Å²) in [5.41, 5.74) is 0.608. The summed E-state index contributed by atoms with van der Waals surface area (Å²) in [5, 5.41) is 6.99. The molecule has 2 aromatic rings. The molecule has 0 saturated carbocycles. The molecule has 0 bridgehead atoms. The number of nitrogens with zero attached hydrogens (tertiary/aromatic N) is 2. The highest BCUT2D eigenvalue weighted by molar-refractivity contribution is 9.10. The van der Waals surface area contributed by atoms with Crippen molar-refractivity contribution in [2.45, 2.75) is 13.0 Å². The number of hydrogen-bond acceptors (Lipinski definition) is 3. The number of carbonyl (C=O) groups excluding carboxylic acids is 1. The minimum absolute atomic E-state index is 0.0891. The third-order valence-electron chi connectivity index (χ3n) is 2.82. The maximum absolute atomic E-state index is 12.0. The van der Waals surface area contributed by atoms with Gasteiger partial charge in [0.05, 0.1) is 11.6 Å². The van der Waals surface area contributed by atoms with Crippen LogP contribution in [0.15, 0.2) is 41.1 Å². The predicted molar refractivity (Wildman–Crippen MR) is 79.9 cm³/mol. The van der Waals surface area contributed by atoms with E-state index in [2.05, 4.69) is 26.3 Å². The van der Waals surface area contributed by atoms with Crippen LogP contribution in [0, 0.1) is 0 Å². The number of rotatable bonds is 6. The number of halogens is 1. The molecule has 0 spiro atoms. The molecule has 106 valence electrons. The molecule has 1 heterocycles. The number of hydrogen-bond donors (Lipinski definition) is 1. The largest absolute Gasteiger partial charge is 0.496 e. The van der Waals surface area contributed by atoms with Gasteiger partial charge in [0, 0.05) is 31.0 Å². The first-order valence-electron chi connectivity index (χ1n) is 6.30. The number of ether oxygens (including phenoxy) is 1. The monoisotopic (exact) mass is 337 g/mol. The summed E-state index contributed by atoms with van der Waals surface area (Å²) in [6.45, 7) is 1.40. The van der Waals surface area contributed by atoms with Gasteiger partial charge in [-0.3, -0.25) is 9.48 Å². The van der Waals surface area contributed by atoms with E-state index in [-0.39, 0.29) is 5.91 Å². The maximum atomic E-state index is 12.0. The van der Waals surface area contributed by atoms with Crippen LogP contribution in [0.25, 0.3) is 0 Å². The normalized spacial score (nSPS) is 10.3. The molecule has 0 aliphatic carbocycles. The predicted octanol–water partition coefficient (Wildman–Crippen LogP) is 2.47. The summed E-state index contributed by atoms with van der Waals surface area (Å²) in [7, 11) is 1.59. The molecule has 0 aliphatic heterocycles. The van der Waals surface area contributed by atoms with Crippen molar-refractivity contribution in [3.8, 4) is 5.75 Å². The lowest BCUT2D eigenvalue weighted by molar-refractivity contribution is 0.0952. The Bertz CT molecular complexity index is 570. The quantitative estimate of drug-likeness (QED) is 0.824. The molecule has 5 nitrogen and oxygen atoms in total. The Balaban J connectivity index is 1.81.